The molecule has 0 saturated carbocycles. The van der Waals surface area contributed by atoms with E-state index in [1.54, 1.807) is 43.5 Å². The number of hydrogen-bond acceptors (Lipinski definition) is 13. The number of methoxy groups -OCH3 is 2. The van der Waals surface area contributed by atoms with Crippen LogP contribution in [-0.4, -0.2) is 96.2 Å². The van der Waals surface area contributed by atoms with Crippen LogP contribution in [0.4, 0.5) is 5.69 Å². The summed E-state index contributed by atoms with van der Waals surface area (Å²) in [6, 6.07) is 11.4. The molecule has 3 fully saturated rings. The van der Waals surface area contributed by atoms with Gasteiger partial charge in [0.05, 0.1) is 17.1 Å². The van der Waals surface area contributed by atoms with E-state index in [1.165, 1.54) is 13.2 Å². The lowest BCUT2D eigenvalue weighted by Gasteiger charge is -2.46. The van der Waals surface area contributed by atoms with E-state index >= 15 is 0 Å². The molecular formula is C34H47NO13. The molecule has 266 valence electrons. The highest BCUT2D eigenvalue weighted by Crippen LogP contribution is 2.40. The predicted molar refractivity (Wildman–Crippen MR) is 170 cm³/mol. The van der Waals surface area contributed by atoms with Crippen molar-refractivity contribution >= 4 is 5.69 Å². The van der Waals surface area contributed by atoms with Gasteiger partial charge in [-0.15, -0.1) is 0 Å². The monoisotopic (exact) mass is 677 g/mol. The maximum Gasteiger partial charge on any atom is 0.310 e. The third-order valence-electron chi connectivity index (χ3n) is 8.46. The number of nitrogens with zero attached hydrogens (tertiary/aromatic N) is 1. The lowest BCUT2D eigenvalue weighted by molar-refractivity contribution is -0.385. The summed E-state index contributed by atoms with van der Waals surface area (Å²) in [5.74, 6) is 1.10. The van der Waals surface area contributed by atoms with E-state index in [1.807, 2.05) is 6.92 Å². The fraction of sp³-hybridized carbons (Fsp3) is 0.647. The fourth-order valence-corrected chi connectivity index (χ4v) is 5.94. The number of nitro benzene ring substituents is 1. The van der Waals surface area contributed by atoms with Gasteiger partial charge in [-0.1, -0.05) is 25.1 Å². The van der Waals surface area contributed by atoms with Crippen LogP contribution in [0.1, 0.15) is 45.4 Å². The Morgan fingerprint density at radius 1 is 0.792 bits per heavy atom. The van der Waals surface area contributed by atoms with Gasteiger partial charge in [0.1, 0.15) is 25.9 Å². The molecule has 0 amide bonds. The molecule has 0 radical (unpaired) electrons. The van der Waals surface area contributed by atoms with Gasteiger partial charge >= 0.3 is 5.69 Å². The highest BCUT2D eigenvalue weighted by molar-refractivity contribution is 5.51. The van der Waals surface area contributed by atoms with E-state index in [-0.39, 0.29) is 56.5 Å². The molecule has 2 aromatic carbocycles. The third-order valence-corrected chi connectivity index (χ3v) is 8.46. The number of para-hydroxylation sites is 3. The molecule has 14 nitrogen and oxygen atoms in total. The molecule has 14 heteroatoms. The Bertz CT molecular complexity index is 1270. The van der Waals surface area contributed by atoms with Gasteiger partial charge in [-0.3, -0.25) is 10.1 Å². The molecule has 0 N–H and O–H groups in total. The van der Waals surface area contributed by atoms with E-state index in [0.29, 0.717) is 30.5 Å². The molecule has 0 bridgehead atoms. The SMILES string of the molecule is COCOc1cccc(OCCOc2ccccc2[N+](=O)[O-])c1OCC1OC(OC)[C@H](OC2CCCCO2)[C@@H](OC2CCCCO2)[C@@H]1C. The average molecular weight is 678 g/mol. The van der Waals surface area contributed by atoms with Gasteiger partial charge in [0.25, 0.3) is 0 Å². The molecule has 2 aromatic rings. The van der Waals surface area contributed by atoms with Crippen LogP contribution in [0.2, 0.25) is 0 Å². The summed E-state index contributed by atoms with van der Waals surface area (Å²) < 4.78 is 66.2. The van der Waals surface area contributed by atoms with Gasteiger partial charge < -0.3 is 52.1 Å². The van der Waals surface area contributed by atoms with E-state index < -0.39 is 29.5 Å². The third kappa shape index (κ3) is 9.68. The van der Waals surface area contributed by atoms with Gasteiger partial charge in [-0.2, -0.15) is 0 Å². The Balaban J connectivity index is 1.29. The minimum absolute atomic E-state index is 0.0117. The molecule has 48 heavy (non-hydrogen) atoms. The van der Waals surface area contributed by atoms with Crippen molar-refractivity contribution in [3.05, 3.63) is 52.6 Å². The lowest BCUT2D eigenvalue weighted by Crippen LogP contribution is -2.59. The second-order valence-electron chi connectivity index (χ2n) is 11.8. The minimum Gasteiger partial charge on any atom is -0.486 e. The first-order chi connectivity index (χ1) is 23.5. The lowest BCUT2D eigenvalue weighted by atomic mass is 9.90. The first-order valence-electron chi connectivity index (χ1n) is 16.6. The molecule has 0 aliphatic carbocycles. The predicted octanol–water partition coefficient (Wildman–Crippen LogP) is 5.25. The fourth-order valence-electron chi connectivity index (χ4n) is 5.94. The van der Waals surface area contributed by atoms with Crippen molar-refractivity contribution in [1.29, 1.82) is 0 Å². The van der Waals surface area contributed by atoms with E-state index in [2.05, 4.69) is 0 Å². The van der Waals surface area contributed by atoms with Crippen LogP contribution in [0.5, 0.6) is 23.0 Å². The summed E-state index contributed by atoms with van der Waals surface area (Å²) in [6.45, 7) is 3.56. The standard InChI is InChI=1S/C34H47NO13/c1-23-28(46-34(39-3)33(48-30-16-7-9-18-43-30)31(23)47-29-15-6-8-17-42-29)21-44-32-26(13-10-14-27(32)45-22-38-2)41-20-19-40-25-12-5-4-11-24(25)35(36)37/h4-5,10-14,23,28-31,33-34H,6-9,15-22H2,1-3H3/t23-,28?,29?,30?,31+,33-,34?/m1/s1. The van der Waals surface area contributed by atoms with E-state index in [0.717, 1.165) is 38.5 Å². The highest BCUT2D eigenvalue weighted by Gasteiger charge is 2.48. The largest absolute Gasteiger partial charge is 0.486 e. The molecule has 5 rings (SSSR count). The van der Waals surface area contributed by atoms with Crippen LogP contribution in [0.25, 0.3) is 0 Å². The molecule has 3 heterocycles. The smallest absolute Gasteiger partial charge is 0.310 e. The van der Waals surface area contributed by atoms with Crippen molar-refractivity contribution in [1.82, 2.24) is 0 Å². The summed E-state index contributed by atoms with van der Waals surface area (Å²) in [5, 5.41) is 11.3. The van der Waals surface area contributed by atoms with Crippen molar-refractivity contribution < 1.29 is 57.0 Å². The highest BCUT2D eigenvalue weighted by atomic mass is 16.8. The van der Waals surface area contributed by atoms with Gasteiger partial charge in [0.15, 0.2) is 42.9 Å². The molecule has 4 unspecified atom stereocenters. The molecular weight excluding hydrogens is 630 g/mol. The van der Waals surface area contributed by atoms with Crippen molar-refractivity contribution in [2.75, 3.05) is 54.0 Å². The van der Waals surface area contributed by atoms with Crippen LogP contribution in [0.3, 0.4) is 0 Å². The maximum atomic E-state index is 11.3. The van der Waals surface area contributed by atoms with Crippen molar-refractivity contribution in [3.8, 4) is 23.0 Å². The van der Waals surface area contributed by atoms with Gasteiger partial charge in [0.2, 0.25) is 5.75 Å². The number of rotatable bonds is 17. The summed E-state index contributed by atoms with van der Waals surface area (Å²) in [6.07, 6.45) is 2.71. The van der Waals surface area contributed by atoms with Gasteiger partial charge in [-0.05, 0) is 56.7 Å². The number of hydrogen-bond donors (Lipinski definition) is 0. The first-order valence-corrected chi connectivity index (χ1v) is 16.6. The Morgan fingerprint density at radius 2 is 1.42 bits per heavy atom. The van der Waals surface area contributed by atoms with Crippen molar-refractivity contribution in [3.63, 3.8) is 0 Å². The summed E-state index contributed by atoms with van der Waals surface area (Å²) in [7, 11) is 3.10. The average Bonchev–Trinajstić information content (AvgIpc) is 3.11. The molecule has 3 aliphatic heterocycles. The minimum atomic E-state index is -0.746. The Hall–Kier alpha value is -3.24. The van der Waals surface area contributed by atoms with Crippen LogP contribution in [-0.2, 0) is 33.2 Å². The Labute approximate surface area is 280 Å². The van der Waals surface area contributed by atoms with Crippen molar-refractivity contribution in [2.24, 2.45) is 5.92 Å². The molecule has 7 atom stereocenters. The zero-order chi connectivity index (χ0) is 33.7. The van der Waals surface area contributed by atoms with Crippen LogP contribution in [0.15, 0.2) is 42.5 Å². The molecule has 0 spiro atoms. The number of ether oxygens (including phenoxy) is 11. The normalized spacial score (nSPS) is 27.6. The second kappa shape index (κ2) is 18.5. The zero-order valence-corrected chi connectivity index (χ0v) is 27.8. The van der Waals surface area contributed by atoms with Crippen LogP contribution in [0, 0.1) is 16.0 Å². The van der Waals surface area contributed by atoms with E-state index in [4.69, 9.17) is 52.1 Å². The first kappa shape index (κ1) is 36.1. The topological polar surface area (TPSA) is 145 Å². The number of nitro groups is 1. The quantitative estimate of drug-likeness (QED) is 0.0932. The van der Waals surface area contributed by atoms with E-state index in [9.17, 15) is 10.1 Å². The summed E-state index contributed by atoms with van der Waals surface area (Å²) >= 11 is 0. The summed E-state index contributed by atoms with van der Waals surface area (Å²) in [5.41, 5.74) is -0.122. The molecule has 0 aromatic heterocycles. The Morgan fingerprint density at radius 3 is 2.04 bits per heavy atom. The zero-order valence-electron chi connectivity index (χ0n) is 27.8. The number of benzene rings is 2. The van der Waals surface area contributed by atoms with Gasteiger partial charge in [-0.25, -0.2) is 0 Å². The van der Waals surface area contributed by atoms with Crippen LogP contribution >= 0.6 is 0 Å². The molecule has 3 saturated heterocycles. The molecule has 3 aliphatic rings. The summed E-state index contributed by atoms with van der Waals surface area (Å²) in [4.78, 5) is 10.9. The maximum absolute atomic E-state index is 11.3. The van der Waals surface area contributed by atoms with Gasteiger partial charge in [0, 0.05) is 39.4 Å². The van der Waals surface area contributed by atoms with Crippen LogP contribution < -0.4 is 18.9 Å². The Kier molecular flexibility index (Phi) is 13.9. The second-order valence-corrected chi connectivity index (χ2v) is 11.8. The van der Waals surface area contributed by atoms with Crippen molar-refractivity contribution in [2.45, 2.75) is 82.6 Å².